The molecule has 0 bridgehead atoms. The standard InChI is InChI=1S/C8H13N3O2/c9-8-3-6(1-2-10-8)11-7(4-12)5-13/h1-3,7,12-13H,4-5H2,(H3,9,10,11). The number of hydrogen-bond donors (Lipinski definition) is 4. The maximum absolute atomic E-state index is 8.79. The Morgan fingerprint density at radius 2 is 2.15 bits per heavy atom. The van der Waals surface area contributed by atoms with Gasteiger partial charge in [-0.15, -0.1) is 0 Å². The van der Waals surface area contributed by atoms with E-state index in [0.717, 1.165) is 5.69 Å². The topological polar surface area (TPSA) is 91.4 Å². The largest absolute Gasteiger partial charge is 0.394 e. The van der Waals surface area contributed by atoms with E-state index >= 15 is 0 Å². The Labute approximate surface area is 76.2 Å². The van der Waals surface area contributed by atoms with E-state index in [-0.39, 0.29) is 19.3 Å². The summed E-state index contributed by atoms with van der Waals surface area (Å²) in [6.07, 6.45) is 1.56. The van der Waals surface area contributed by atoms with E-state index in [1.165, 1.54) is 0 Å². The van der Waals surface area contributed by atoms with E-state index in [1.807, 2.05) is 0 Å². The van der Waals surface area contributed by atoms with Gasteiger partial charge in [0.1, 0.15) is 5.82 Å². The van der Waals surface area contributed by atoms with Crippen LogP contribution in [0.25, 0.3) is 0 Å². The fraction of sp³-hybridized carbons (Fsp3) is 0.375. The zero-order valence-electron chi connectivity index (χ0n) is 7.14. The third kappa shape index (κ3) is 2.89. The van der Waals surface area contributed by atoms with Crippen LogP contribution in [-0.2, 0) is 0 Å². The number of aliphatic hydroxyl groups is 2. The molecule has 0 amide bonds. The van der Waals surface area contributed by atoms with Crippen molar-refractivity contribution in [3.8, 4) is 0 Å². The highest BCUT2D eigenvalue weighted by molar-refractivity contribution is 5.50. The highest BCUT2D eigenvalue weighted by Gasteiger charge is 2.04. The molecule has 1 rings (SSSR count). The first kappa shape index (κ1) is 9.76. The summed E-state index contributed by atoms with van der Waals surface area (Å²) in [7, 11) is 0. The zero-order chi connectivity index (χ0) is 9.68. The van der Waals surface area contributed by atoms with Gasteiger partial charge in [0.05, 0.1) is 19.3 Å². The molecule has 0 fully saturated rings. The van der Waals surface area contributed by atoms with Crippen LogP contribution in [0.5, 0.6) is 0 Å². The number of nitrogen functional groups attached to an aromatic ring is 1. The molecule has 0 radical (unpaired) electrons. The predicted molar refractivity (Wildman–Crippen MR) is 50.2 cm³/mol. The molecule has 5 N–H and O–H groups in total. The maximum atomic E-state index is 8.79. The average Bonchev–Trinajstić information content (AvgIpc) is 2.14. The summed E-state index contributed by atoms with van der Waals surface area (Å²) in [5.41, 5.74) is 6.18. The molecule has 0 aliphatic rings. The first-order chi connectivity index (χ1) is 6.26. The predicted octanol–water partition coefficient (Wildman–Crippen LogP) is -0.571. The number of aliphatic hydroxyl groups excluding tert-OH is 2. The quantitative estimate of drug-likeness (QED) is 0.501. The molecule has 5 nitrogen and oxygen atoms in total. The number of nitrogens with two attached hydrogens (primary N) is 1. The van der Waals surface area contributed by atoms with Crippen LogP contribution in [-0.4, -0.2) is 34.5 Å². The SMILES string of the molecule is Nc1cc(NC(CO)CO)ccn1. The fourth-order valence-corrected chi connectivity index (χ4v) is 0.923. The minimum absolute atomic E-state index is 0.126. The molecule has 72 valence electrons. The van der Waals surface area contributed by atoms with Crippen molar-refractivity contribution >= 4 is 11.5 Å². The summed E-state index contributed by atoms with van der Waals surface area (Å²) in [5, 5.41) is 20.5. The lowest BCUT2D eigenvalue weighted by Gasteiger charge is -2.14. The molecule has 0 atom stereocenters. The lowest BCUT2D eigenvalue weighted by molar-refractivity contribution is 0.204. The number of hydrogen-bond acceptors (Lipinski definition) is 5. The molecular weight excluding hydrogens is 170 g/mol. The van der Waals surface area contributed by atoms with Crippen molar-refractivity contribution in [2.75, 3.05) is 24.3 Å². The number of aromatic nitrogens is 1. The highest BCUT2D eigenvalue weighted by atomic mass is 16.3. The van der Waals surface area contributed by atoms with Gasteiger partial charge in [-0.1, -0.05) is 0 Å². The monoisotopic (exact) mass is 183 g/mol. The van der Waals surface area contributed by atoms with Crippen LogP contribution in [0, 0.1) is 0 Å². The second-order valence-electron chi connectivity index (χ2n) is 2.68. The minimum atomic E-state index is -0.359. The van der Waals surface area contributed by atoms with Gasteiger partial charge >= 0.3 is 0 Å². The summed E-state index contributed by atoms with van der Waals surface area (Å²) < 4.78 is 0. The molecule has 1 heterocycles. The smallest absolute Gasteiger partial charge is 0.125 e. The summed E-state index contributed by atoms with van der Waals surface area (Å²) >= 11 is 0. The number of anilines is 2. The zero-order valence-corrected chi connectivity index (χ0v) is 7.14. The molecule has 0 aliphatic carbocycles. The Morgan fingerprint density at radius 3 is 2.69 bits per heavy atom. The van der Waals surface area contributed by atoms with Crippen molar-refractivity contribution in [1.29, 1.82) is 0 Å². The van der Waals surface area contributed by atoms with Gasteiger partial charge in [0.25, 0.3) is 0 Å². The van der Waals surface area contributed by atoms with Gasteiger partial charge in [-0.05, 0) is 6.07 Å². The maximum Gasteiger partial charge on any atom is 0.125 e. The Balaban J connectivity index is 2.62. The first-order valence-corrected chi connectivity index (χ1v) is 3.96. The van der Waals surface area contributed by atoms with Crippen LogP contribution in [0.2, 0.25) is 0 Å². The molecule has 5 heteroatoms. The molecule has 0 unspecified atom stereocenters. The summed E-state index contributed by atoms with van der Waals surface area (Å²) in [5.74, 6) is 0.402. The molecule has 0 spiro atoms. The van der Waals surface area contributed by atoms with E-state index in [4.69, 9.17) is 15.9 Å². The van der Waals surface area contributed by atoms with Crippen LogP contribution >= 0.6 is 0 Å². The van der Waals surface area contributed by atoms with Gasteiger partial charge in [-0.25, -0.2) is 4.98 Å². The van der Waals surface area contributed by atoms with Gasteiger partial charge in [-0.3, -0.25) is 0 Å². The molecule has 0 aromatic carbocycles. The summed E-state index contributed by atoms with van der Waals surface area (Å²) in [6, 6.07) is 2.99. The number of rotatable bonds is 4. The Bertz CT molecular complexity index is 263. The second kappa shape index (κ2) is 4.64. The van der Waals surface area contributed by atoms with Crippen LogP contribution in [0.15, 0.2) is 18.3 Å². The molecule has 0 saturated carbocycles. The lowest BCUT2D eigenvalue weighted by atomic mass is 10.3. The van der Waals surface area contributed by atoms with Gasteiger partial charge < -0.3 is 21.3 Å². The number of pyridine rings is 1. The Kier molecular flexibility index (Phi) is 3.48. The van der Waals surface area contributed by atoms with Crippen molar-refractivity contribution in [3.63, 3.8) is 0 Å². The fourth-order valence-electron chi connectivity index (χ4n) is 0.923. The van der Waals surface area contributed by atoms with E-state index < -0.39 is 0 Å². The molecule has 1 aromatic rings. The van der Waals surface area contributed by atoms with Crippen LogP contribution in [0.3, 0.4) is 0 Å². The first-order valence-electron chi connectivity index (χ1n) is 3.96. The van der Waals surface area contributed by atoms with Gasteiger partial charge in [0, 0.05) is 18.0 Å². The van der Waals surface area contributed by atoms with E-state index in [9.17, 15) is 0 Å². The minimum Gasteiger partial charge on any atom is -0.394 e. The van der Waals surface area contributed by atoms with E-state index in [0.29, 0.717) is 5.82 Å². The van der Waals surface area contributed by atoms with Crippen molar-refractivity contribution in [2.45, 2.75) is 6.04 Å². The van der Waals surface area contributed by atoms with Crippen LogP contribution < -0.4 is 11.1 Å². The van der Waals surface area contributed by atoms with E-state index in [1.54, 1.807) is 18.3 Å². The lowest BCUT2D eigenvalue weighted by Crippen LogP contribution is -2.27. The van der Waals surface area contributed by atoms with E-state index in [2.05, 4.69) is 10.3 Å². The number of nitrogens with one attached hydrogen (secondary N) is 1. The molecule has 0 aliphatic heterocycles. The normalized spacial score (nSPS) is 10.4. The Morgan fingerprint density at radius 1 is 1.46 bits per heavy atom. The molecule has 1 aromatic heterocycles. The summed E-state index contributed by atoms with van der Waals surface area (Å²) in [6.45, 7) is -0.253. The highest BCUT2D eigenvalue weighted by Crippen LogP contribution is 2.09. The van der Waals surface area contributed by atoms with Crippen LogP contribution in [0.4, 0.5) is 11.5 Å². The average molecular weight is 183 g/mol. The van der Waals surface area contributed by atoms with Crippen molar-refractivity contribution in [2.24, 2.45) is 0 Å². The van der Waals surface area contributed by atoms with Crippen LogP contribution in [0.1, 0.15) is 0 Å². The molecular formula is C8H13N3O2. The third-order valence-electron chi connectivity index (χ3n) is 1.59. The molecule has 0 saturated heterocycles. The second-order valence-corrected chi connectivity index (χ2v) is 2.68. The van der Waals surface area contributed by atoms with Crippen molar-refractivity contribution in [3.05, 3.63) is 18.3 Å². The van der Waals surface area contributed by atoms with Gasteiger partial charge in [-0.2, -0.15) is 0 Å². The number of nitrogens with zero attached hydrogens (tertiary/aromatic N) is 1. The summed E-state index contributed by atoms with van der Waals surface area (Å²) in [4.78, 5) is 3.81. The third-order valence-corrected chi connectivity index (χ3v) is 1.59. The van der Waals surface area contributed by atoms with Gasteiger partial charge in [0.15, 0.2) is 0 Å². The Hall–Kier alpha value is -1.33. The van der Waals surface area contributed by atoms with Gasteiger partial charge in [0.2, 0.25) is 0 Å². The van der Waals surface area contributed by atoms with Crippen molar-refractivity contribution < 1.29 is 10.2 Å². The molecule has 13 heavy (non-hydrogen) atoms. The van der Waals surface area contributed by atoms with Crippen molar-refractivity contribution in [1.82, 2.24) is 4.98 Å².